The predicted molar refractivity (Wildman–Crippen MR) is 142 cm³/mol. The Balaban J connectivity index is 3.87. The molecule has 2 nitrogen and oxygen atoms in total. The van der Waals surface area contributed by atoms with Crippen LogP contribution in [0.2, 0.25) is 0 Å². The normalized spacial score (nSPS) is 12.8. The van der Waals surface area contributed by atoms with E-state index in [2.05, 4.69) is 65.8 Å². The molecule has 0 aliphatic heterocycles. The molecule has 0 amide bonds. The van der Waals surface area contributed by atoms with Crippen molar-refractivity contribution in [1.82, 2.24) is 0 Å². The first-order chi connectivity index (χ1) is 15.3. The molecule has 0 heterocycles. The third-order valence-corrected chi connectivity index (χ3v) is 5.81. The Morgan fingerprint density at radius 2 is 1.06 bits per heavy atom. The van der Waals surface area contributed by atoms with Gasteiger partial charge >= 0.3 is 5.97 Å². The minimum atomic E-state index is -0.0532. The summed E-state index contributed by atoms with van der Waals surface area (Å²) in [5, 5.41) is 0. The van der Waals surface area contributed by atoms with E-state index in [9.17, 15) is 4.79 Å². The van der Waals surface area contributed by atoms with Gasteiger partial charge in [0.05, 0.1) is 0 Å². The second-order valence-electron chi connectivity index (χ2n) is 9.60. The second kappa shape index (κ2) is 21.3. The Morgan fingerprint density at radius 1 is 0.594 bits per heavy atom. The van der Waals surface area contributed by atoms with E-state index < -0.39 is 0 Å². The average Bonchev–Trinajstić information content (AvgIpc) is 2.73. The average molecular weight is 445 g/mol. The van der Waals surface area contributed by atoms with Crippen molar-refractivity contribution >= 4 is 5.97 Å². The van der Waals surface area contributed by atoms with E-state index in [1.807, 2.05) is 0 Å². The molecule has 0 rings (SSSR count). The van der Waals surface area contributed by atoms with Crippen LogP contribution in [0.3, 0.4) is 0 Å². The maximum absolute atomic E-state index is 11.8. The van der Waals surface area contributed by atoms with Crippen LogP contribution in [0, 0.1) is 0 Å². The van der Waals surface area contributed by atoms with Gasteiger partial charge < -0.3 is 4.74 Å². The molecule has 0 aromatic rings. The zero-order valence-electron chi connectivity index (χ0n) is 22.2. The highest BCUT2D eigenvalue weighted by Crippen LogP contribution is 2.14. The highest BCUT2D eigenvalue weighted by atomic mass is 16.5. The number of carbonyl (C=O) groups excluding carboxylic acids is 1. The third kappa shape index (κ3) is 21.7. The van der Waals surface area contributed by atoms with E-state index in [1.54, 1.807) is 0 Å². The molecule has 0 aliphatic rings. The van der Waals surface area contributed by atoms with Crippen molar-refractivity contribution < 1.29 is 9.53 Å². The van der Waals surface area contributed by atoms with Crippen molar-refractivity contribution in [3.63, 3.8) is 0 Å². The molecule has 0 bridgehead atoms. The van der Waals surface area contributed by atoms with Gasteiger partial charge in [0.15, 0.2) is 0 Å². The summed E-state index contributed by atoms with van der Waals surface area (Å²) in [7, 11) is 0. The van der Waals surface area contributed by atoms with Crippen LogP contribution in [0.15, 0.2) is 46.6 Å². The van der Waals surface area contributed by atoms with E-state index in [0.717, 1.165) is 44.9 Å². The van der Waals surface area contributed by atoms with Gasteiger partial charge in [-0.3, -0.25) is 4.79 Å². The molecule has 184 valence electrons. The van der Waals surface area contributed by atoms with Crippen molar-refractivity contribution in [2.45, 2.75) is 131 Å². The van der Waals surface area contributed by atoms with Crippen LogP contribution in [0.25, 0.3) is 0 Å². The van der Waals surface area contributed by atoms with Gasteiger partial charge in [0, 0.05) is 6.42 Å². The van der Waals surface area contributed by atoms with E-state index in [1.165, 1.54) is 60.8 Å². The van der Waals surface area contributed by atoms with Gasteiger partial charge in [0.25, 0.3) is 0 Å². The highest BCUT2D eigenvalue weighted by Gasteiger charge is 2.01. The standard InChI is InChI=1S/C30H52O2/c1-7-8-9-10-11-12-13-23-30(31)32-25-24-29(6)22-16-21-28(5)20-15-19-27(4)18-14-17-26(2)3/h17,19,21,24H,7-16,18,20,22-23,25H2,1-6H3/b27-19+,28-21?,29-24+. The van der Waals surface area contributed by atoms with Crippen LogP contribution in [0.1, 0.15) is 131 Å². The molecule has 0 radical (unpaired) electrons. The van der Waals surface area contributed by atoms with Crippen LogP contribution in [0.5, 0.6) is 0 Å². The Hall–Kier alpha value is -1.57. The summed E-state index contributed by atoms with van der Waals surface area (Å²) in [5.41, 5.74) is 5.67. The maximum Gasteiger partial charge on any atom is 0.306 e. The molecule has 0 spiro atoms. The quantitative estimate of drug-likeness (QED) is 0.112. The van der Waals surface area contributed by atoms with Crippen molar-refractivity contribution in [3.05, 3.63) is 46.6 Å². The molecule has 2 heteroatoms. The van der Waals surface area contributed by atoms with Gasteiger partial charge in [0.1, 0.15) is 6.61 Å². The molecule has 32 heavy (non-hydrogen) atoms. The summed E-state index contributed by atoms with van der Waals surface area (Å²) in [6.45, 7) is 13.6. The van der Waals surface area contributed by atoms with Gasteiger partial charge in [-0.1, -0.05) is 86.0 Å². The number of carbonyl (C=O) groups is 1. The Bertz CT molecular complexity index is 600. The number of esters is 1. The fourth-order valence-corrected chi connectivity index (χ4v) is 3.56. The number of ether oxygens (including phenoxy) is 1. The fourth-order valence-electron chi connectivity index (χ4n) is 3.56. The highest BCUT2D eigenvalue weighted by molar-refractivity contribution is 5.69. The van der Waals surface area contributed by atoms with E-state index in [-0.39, 0.29) is 5.97 Å². The Kier molecular flexibility index (Phi) is 20.2. The van der Waals surface area contributed by atoms with Crippen LogP contribution < -0.4 is 0 Å². The third-order valence-electron chi connectivity index (χ3n) is 5.81. The Morgan fingerprint density at radius 3 is 1.59 bits per heavy atom. The predicted octanol–water partition coefficient (Wildman–Crippen LogP) is 9.82. The van der Waals surface area contributed by atoms with Crippen molar-refractivity contribution in [2.24, 2.45) is 0 Å². The first-order valence-corrected chi connectivity index (χ1v) is 13.1. The number of hydrogen-bond donors (Lipinski definition) is 0. The fraction of sp³-hybridized carbons (Fsp3) is 0.700. The smallest absolute Gasteiger partial charge is 0.306 e. The SMILES string of the molecule is CCCCCCCCCC(=O)OC/C=C(\C)CCC=C(C)CC/C=C(\C)CCC=C(C)C. The van der Waals surface area contributed by atoms with E-state index in [0.29, 0.717) is 13.0 Å². The van der Waals surface area contributed by atoms with Gasteiger partial charge in [-0.15, -0.1) is 0 Å². The molecule has 0 fully saturated rings. The number of allylic oxidation sites excluding steroid dienone is 7. The lowest BCUT2D eigenvalue weighted by molar-refractivity contribution is -0.142. The molecule has 0 saturated heterocycles. The first-order valence-electron chi connectivity index (χ1n) is 13.1. The number of unbranched alkanes of at least 4 members (excludes halogenated alkanes) is 6. The zero-order chi connectivity index (χ0) is 24.0. The Labute approximate surface area is 200 Å². The van der Waals surface area contributed by atoms with Gasteiger partial charge in [0.2, 0.25) is 0 Å². The topological polar surface area (TPSA) is 26.3 Å². The minimum absolute atomic E-state index is 0.0532. The van der Waals surface area contributed by atoms with Crippen LogP contribution in [-0.2, 0) is 9.53 Å². The molecule has 0 atom stereocenters. The molecular weight excluding hydrogens is 392 g/mol. The summed E-state index contributed by atoms with van der Waals surface area (Å²) in [6.07, 6.45) is 24.9. The van der Waals surface area contributed by atoms with Gasteiger partial charge in [-0.2, -0.15) is 0 Å². The maximum atomic E-state index is 11.8. The monoisotopic (exact) mass is 444 g/mol. The van der Waals surface area contributed by atoms with Gasteiger partial charge in [-0.25, -0.2) is 0 Å². The molecule has 0 saturated carbocycles. The number of hydrogen-bond acceptors (Lipinski definition) is 2. The summed E-state index contributed by atoms with van der Waals surface area (Å²) in [6, 6.07) is 0. The van der Waals surface area contributed by atoms with Crippen LogP contribution in [-0.4, -0.2) is 12.6 Å². The van der Waals surface area contributed by atoms with Crippen LogP contribution >= 0.6 is 0 Å². The second-order valence-corrected chi connectivity index (χ2v) is 9.60. The van der Waals surface area contributed by atoms with E-state index >= 15 is 0 Å². The van der Waals surface area contributed by atoms with Crippen molar-refractivity contribution in [3.8, 4) is 0 Å². The summed E-state index contributed by atoms with van der Waals surface area (Å²) >= 11 is 0. The van der Waals surface area contributed by atoms with Crippen LogP contribution in [0.4, 0.5) is 0 Å². The van der Waals surface area contributed by atoms with Crippen molar-refractivity contribution in [2.75, 3.05) is 6.61 Å². The lowest BCUT2D eigenvalue weighted by Gasteiger charge is -2.04. The lowest BCUT2D eigenvalue weighted by Crippen LogP contribution is -2.04. The summed E-state index contributed by atoms with van der Waals surface area (Å²) in [5.74, 6) is -0.0532. The molecule has 0 aromatic carbocycles. The molecule has 0 N–H and O–H groups in total. The minimum Gasteiger partial charge on any atom is -0.461 e. The number of rotatable bonds is 19. The lowest BCUT2D eigenvalue weighted by atomic mass is 10.0. The first kappa shape index (κ1) is 30.4. The van der Waals surface area contributed by atoms with Gasteiger partial charge in [-0.05, 0) is 85.6 Å². The largest absolute Gasteiger partial charge is 0.461 e. The van der Waals surface area contributed by atoms with Crippen molar-refractivity contribution in [1.29, 1.82) is 0 Å². The molecule has 0 aromatic heterocycles. The van der Waals surface area contributed by atoms with E-state index in [4.69, 9.17) is 4.74 Å². The summed E-state index contributed by atoms with van der Waals surface area (Å²) < 4.78 is 5.36. The molecule has 0 aliphatic carbocycles. The summed E-state index contributed by atoms with van der Waals surface area (Å²) in [4.78, 5) is 11.8. The zero-order valence-corrected chi connectivity index (χ0v) is 22.2. The molecular formula is C30H52O2. The molecule has 0 unspecified atom stereocenters.